The van der Waals surface area contributed by atoms with Crippen molar-refractivity contribution >= 4 is 15.7 Å². The molecule has 0 spiro atoms. The van der Waals surface area contributed by atoms with Gasteiger partial charge in [-0.2, -0.15) is 4.31 Å². The third-order valence-electron chi connectivity index (χ3n) is 2.91. The summed E-state index contributed by atoms with van der Waals surface area (Å²) in [7, 11) is -3.34. The molecule has 0 aliphatic heterocycles. The van der Waals surface area contributed by atoms with Crippen LogP contribution in [0.1, 0.15) is 26.3 Å². The number of benzene rings is 1. The molecule has 114 valence electrons. The van der Waals surface area contributed by atoms with Crippen LogP contribution in [0.4, 0.5) is 5.69 Å². The Labute approximate surface area is 121 Å². The van der Waals surface area contributed by atoms with E-state index in [1.54, 1.807) is 12.1 Å². The summed E-state index contributed by atoms with van der Waals surface area (Å²) in [6.45, 7) is 6.65. The Morgan fingerprint density at radius 3 is 2.60 bits per heavy atom. The highest BCUT2D eigenvalue weighted by Crippen LogP contribution is 2.15. The van der Waals surface area contributed by atoms with Crippen LogP contribution in [0.5, 0.6) is 0 Å². The normalized spacial score (nSPS) is 12.2. The number of hydrogen-bond acceptors (Lipinski definition) is 4. The lowest BCUT2D eigenvalue weighted by Crippen LogP contribution is -2.38. The molecule has 1 aromatic carbocycles. The van der Waals surface area contributed by atoms with Crippen LogP contribution in [0, 0.1) is 0 Å². The molecule has 0 saturated carbocycles. The largest absolute Gasteiger partial charge is 0.399 e. The average molecular weight is 300 g/mol. The van der Waals surface area contributed by atoms with Crippen molar-refractivity contribution in [2.45, 2.75) is 33.4 Å². The first kappa shape index (κ1) is 16.9. The molecule has 0 unspecified atom stereocenters. The van der Waals surface area contributed by atoms with Gasteiger partial charge in [-0.05, 0) is 38.5 Å². The zero-order valence-corrected chi connectivity index (χ0v) is 13.2. The summed E-state index contributed by atoms with van der Waals surface area (Å²) in [5, 5.41) is 0. The Balaban J connectivity index is 2.83. The maximum absolute atomic E-state index is 12.4. The molecule has 1 rings (SSSR count). The SMILES string of the molecule is CCOCCS(=O)(=O)N(Cc1cccc(N)c1)C(C)C. The van der Waals surface area contributed by atoms with Gasteiger partial charge < -0.3 is 10.5 Å². The third kappa shape index (κ3) is 5.11. The number of hydrogen-bond donors (Lipinski definition) is 1. The van der Waals surface area contributed by atoms with Crippen LogP contribution in [0.25, 0.3) is 0 Å². The van der Waals surface area contributed by atoms with Crippen molar-refractivity contribution in [3.05, 3.63) is 29.8 Å². The Morgan fingerprint density at radius 1 is 1.35 bits per heavy atom. The molecule has 2 N–H and O–H groups in total. The van der Waals surface area contributed by atoms with Crippen molar-refractivity contribution < 1.29 is 13.2 Å². The van der Waals surface area contributed by atoms with Crippen molar-refractivity contribution in [1.82, 2.24) is 4.31 Å². The highest BCUT2D eigenvalue weighted by Gasteiger charge is 2.24. The molecule has 0 fully saturated rings. The van der Waals surface area contributed by atoms with Crippen molar-refractivity contribution in [3.8, 4) is 0 Å². The zero-order chi connectivity index (χ0) is 15.2. The molecule has 0 radical (unpaired) electrons. The van der Waals surface area contributed by atoms with Crippen LogP contribution in [0.2, 0.25) is 0 Å². The molecule has 0 atom stereocenters. The number of nitrogens with two attached hydrogens (primary N) is 1. The van der Waals surface area contributed by atoms with E-state index in [0.717, 1.165) is 5.56 Å². The first-order valence-electron chi connectivity index (χ1n) is 6.78. The molecule has 0 aliphatic carbocycles. The molecule has 0 aliphatic rings. The monoisotopic (exact) mass is 300 g/mol. The standard InChI is InChI=1S/C14H24N2O3S/c1-4-19-8-9-20(17,18)16(12(2)3)11-13-6-5-7-14(15)10-13/h5-7,10,12H,4,8-9,11,15H2,1-3H3. The Hall–Kier alpha value is -1.11. The van der Waals surface area contributed by atoms with Crippen LogP contribution in [0.15, 0.2) is 24.3 Å². The number of nitrogens with zero attached hydrogens (tertiary/aromatic N) is 1. The molecular formula is C14H24N2O3S. The average Bonchev–Trinajstić information content (AvgIpc) is 2.35. The van der Waals surface area contributed by atoms with Gasteiger partial charge in [-0.1, -0.05) is 12.1 Å². The highest BCUT2D eigenvalue weighted by atomic mass is 32.2. The van der Waals surface area contributed by atoms with Gasteiger partial charge in [-0.3, -0.25) is 0 Å². The fourth-order valence-corrected chi connectivity index (χ4v) is 3.45. The molecule has 0 amide bonds. The second-order valence-electron chi connectivity index (χ2n) is 4.90. The van der Waals surface area contributed by atoms with Crippen molar-refractivity contribution in [2.75, 3.05) is 24.7 Å². The summed E-state index contributed by atoms with van der Waals surface area (Å²) in [6.07, 6.45) is 0. The van der Waals surface area contributed by atoms with Gasteiger partial charge in [0.1, 0.15) is 0 Å². The van der Waals surface area contributed by atoms with Gasteiger partial charge >= 0.3 is 0 Å². The summed E-state index contributed by atoms with van der Waals surface area (Å²) in [5.41, 5.74) is 7.25. The van der Waals surface area contributed by atoms with E-state index in [4.69, 9.17) is 10.5 Å². The second-order valence-corrected chi connectivity index (χ2v) is 6.94. The highest BCUT2D eigenvalue weighted by molar-refractivity contribution is 7.89. The minimum absolute atomic E-state index is 0.00133. The lowest BCUT2D eigenvalue weighted by molar-refractivity contribution is 0.162. The minimum atomic E-state index is -3.34. The maximum Gasteiger partial charge on any atom is 0.216 e. The maximum atomic E-state index is 12.4. The molecule has 0 bridgehead atoms. The zero-order valence-electron chi connectivity index (χ0n) is 12.4. The molecule has 1 aromatic rings. The van der Waals surface area contributed by atoms with E-state index in [9.17, 15) is 8.42 Å². The first-order chi connectivity index (χ1) is 9.36. The van der Waals surface area contributed by atoms with E-state index in [1.165, 1.54) is 4.31 Å². The van der Waals surface area contributed by atoms with Gasteiger partial charge in [-0.25, -0.2) is 8.42 Å². The summed E-state index contributed by atoms with van der Waals surface area (Å²) in [5.74, 6) is 0.00133. The number of rotatable bonds is 8. The predicted molar refractivity (Wildman–Crippen MR) is 81.8 cm³/mol. The van der Waals surface area contributed by atoms with E-state index in [-0.39, 0.29) is 18.4 Å². The smallest absolute Gasteiger partial charge is 0.216 e. The van der Waals surface area contributed by atoms with Crippen LogP contribution in [-0.4, -0.2) is 37.7 Å². The third-order valence-corrected chi connectivity index (χ3v) is 4.86. The Kier molecular flexibility index (Phi) is 6.45. The minimum Gasteiger partial charge on any atom is -0.399 e. The molecule has 5 nitrogen and oxygen atoms in total. The lowest BCUT2D eigenvalue weighted by Gasteiger charge is -2.26. The van der Waals surface area contributed by atoms with Crippen LogP contribution < -0.4 is 5.73 Å². The predicted octanol–water partition coefficient (Wildman–Crippen LogP) is 1.85. The van der Waals surface area contributed by atoms with Gasteiger partial charge in [0.25, 0.3) is 0 Å². The number of anilines is 1. The second kappa shape index (κ2) is 7.61. The van der Waals surface area contributed by atoms with Gasteiger partial charge in [0.05, 0.1) is 12.4 Å². The van der Waals surface area contributed by atoms with Gasteiger partial charge in [-0.15, -0.1) is 0 Å². The van der Waals surface area contributed by atoms with Crippen LogP contribution in [0.3, 0.4) is 0 Å². The van der Waals surface area contributed by atoms with Crippen molar-refractivity contribution in [2.24, 2.45) is 0 Å². The van der Waals surface area contributed by atoms with E-state index < -0.39 is 10.0 Å². The van der Waals surface area contributed by atoms with Crippen LogP contribution >= 0.6 is 0 Å². The topological polar surface area (TPSA) is 72.6 Å². The lowest BCUT2D eigenvalue weighted by atomic mass is 10.2. The van der Waals surface area contributed by atoms with Gasteiger partial charge in [0.15, 0.2) is 0 Å². The number of sulfonamides is 1. The van der Waals surface area contributed by atoms with Gasteiger partial charge in [0.2, 0.25) is 10.0 Å². The van der Waals surface area contributed by atoms with E-state index >= 15 is 0 Å². The fourth-order valence-electron chi connectivity index (χ4n) is 1.90. The summed E-state index contributed by atoms with van der Waals surface area (Å²) >= 11 is 0. The van der Waals surface area contributed by atoms with E-state index in [0.29, 0.717) is 18.8 Å². The summed E-state index contributed by atoms with van der Waals surface area (Å²) in [4.78, 5) is 0. The molecular weight excluding hydrogens is 276 g/mol. The number of ether oxygens (including phenoxy) is 1. The fraction of sp³-hybridized carbons (Fsp3) is 0.571. The van der Waals surface area contributed by atoms with Crippen LogP contribution in [-0.2, 0) is 21.3 Å². The van der Waals surface area contributed by atoms with E-state index in [1.807, 2.05) is 32.9 Å². The quantitative estimate of drug-likeness (QED) is 0.587. The Bertz CT molecular complexity index is 515. The molecule has 0 aromatic heterocycles. The summed E-state index contributed by atoms with van der Waals surface area (Å²) in [6, 6.07) is 7.18. The molecule has 20 heavy (non-hydrogen) atoms. The molecule has 6 heteroatoms. The van der Waals surface area contributed by atoms with Gasteiger partial charge in [0, 0.05) is 24.9 Å². The molecule has 0 saturated heterocycles. The summed E-state index contributed by atoms with van der Waals surface area (Å²) < 4.78 is 31.3. The Morgan fingerprint density at radius 2 is 2.05 bits per heavy atom. The number of nitrogen functional groups attached to an aromatic ring is 1. The van der Waals surface area contributed by atoms with Crippen molar-refractivity contribution in [1.29, 1.82) is 0 Å². The molecule has 0 heterocycles. The van der Waals surface area contributed by atoms with E-state index in [2.05, 4.69) is 0 Å². The van der Waals surface area contributed by atoms with Crippen molar-refractivity contribution in [3.63, 3.8) is 0 Å². The first-order valence-corrected chi connectivity index (χ1v) is 8.39.